The molecule has 0 amide bonds. The number of hydrogen-bond donors (Lipinski definition) is 2. The van der Waals surface area contributed by atoms with Crippen molar-refractivity contribution in [1.29, 1.82) is 0 Å². The molecule has 1 rings (SSSR count). The quantitative estimate of drug-likeness (QED) is 0.689. The van der Waals surface area contributed by atoms with E-state index >= 15 is 0 Å². The molecule has 0 saturated heterocycles. The minimum absolute atomic E-state index is 0.0886. The van der Waals surface area contributed by atoms with Crippen molar-refractivity contribution in [3.05, 3.63) is 17.7 Å². The van der Waals surface area contributed by atoms with Crippen LogP contribution in [-0.4, -0.2) is 17.3 Å². The molecule has 0 aliphatic rings. The van der Waals surface area contributed by atoms with Crippen molar-refractivity contribution < 1.29 is 14.9 Å². The minimum Gasteiger partial charge on any atom is -0.504 e. The molecule has 0 saturated carbocycles. The Hall–Kier alpha value is -1.38. The molecule has 0 spiro atoms. The predicted molar refractivity (Wildman–Crippen MR) is 50.4 cm³/mol. The standard InChI is InChI=1S/C10H14O3/c1-6(2)7-4-5-8(13-3)10(12)9(7)11/h4-6,11-12H,1-3H3. The number of hydrogen-bond acceptors (Lipinski definition) is 3. The van der Waals surface area contributed by atoms with Gasteiger partial charge in [0.1, 0.15) is 0 Å². The van der Waals surface area contributed by atoms with E-state index in [-0.39, 0.29) is 17.4 Å². The highest BCUT2D eigenvalue weighted by atomic mass is 16.5. The van der Waals surface area contributed by atoms with Crippen LogP contribution in [0, 0.1) is 0 Å². The summed E-state index contributed by atoms with van der Waals surface area (Å²) in [6, 6.07) is 3.39. The summed E-state index contributed by atoms with van der Waals surface area (Å²) < 4.78 is 4.85. The highest BCUT2D eigenvalue weighted by molar-refractivity contribution is 5.54. The van der Waals surface area contributed by atoms with Crippen molar-refractivity contribution in [3.63, 3.8) is 0 Å². The second-order valence-corrected chi connectivity index (χ2v) is 3.21. The molecule has 0 heterocycles. The van der Waals surface area contributed by atoms with Gasteiger partial charge in [-0.15, -0.1) is 0 Å². The highest BCUT2D eigenvalue weighted by Crippen LogP contribution is 2.40. The van der Waals surface area contributed by atoms with Crippen molar-refractivity contribution in [2.24, 2.45) is 0 Å². The van der Waals surface area contributed by atoms with Crippen LogP contribution in [-0.2, 0) is 0 Å². The fraction of sp³-hybridized carbons (Fsp3) is 0.400. The van der Waals surface area contributed by atoms with Crippen molar-refractivity contribution in [2.75, 3.05) is 7.11 Å². The van der Waals surface area contributed by atoms with Crippen molar-refractivity contribution >= 4 is 0 Å². The predicted octanol–water partition coefficient (Wildman–Crippen LogP) is 2.23. The van der Waals surface area contributed by atoms with Crippen LogP contribution in [0.2, 0.25) is 0 Å². The van der Waals surface area contributed by atoms with E-state index in [0.29, 0.717) is 5.75 Å². The van der Waals surface area contributed by atoms with Gasteiger partial charge in [0.25, 0.3) is 0 Å². The molecule has 0 aliphatic heterocycles. The maximum atomic E-state index is 9.55. The van der Waals surface area contributed by atoms with Crippen LogP contribution in [0.15, 0.2) is 12.1 Å². The Morgan fingerprint density at radius 1 is 1.15 bits per heavy atom. The normalized spacial score (nSPS) is 10.5. The fourth-order valence-electron chi connectivity index (χ4n) is 1.21. The monoisotopic (exact) mass is 182 g/mol. The largest absolute Gasteiger partial charge is 0.504 e. The molecule has 1 aromatic rings. The first-order valence-electron chi connectivity index (χ1n) is 4.16. The maximum Gasteiger partial charge on any atom is 0.200 e. The second-order valence-electron chi connectivity index (χ2n) is 3.21. The van der Waals surface area contributed by atoms with E-state index in [1.54, 1.807) is 12.1 Å². The van der Waals surface area contributed by atoms with E-state index in [9.17, 15) is 10.2 Å². The summed E-state index contributed by atoms with van der Waals surface area (Å²) in [5.74, 6) is 0.196. The first-order valence-corrected chi connectivity index (χ1v) is 4.16. The van der Waals surface area contributed by atoms with Gasteiger partial charge in [0.2, 0.25) is 5.75 Å². The zero-order valence-electron chi connectivity index (χ0n) is 8.03. The summed E-state index contributed by atoms with van der Waals surface area (Å²) in [6.07, 6.45) is 0. The SMILES string of the molecule is COc1ccc(C(C)C)c(O)c1O. The molecule has 1 aromatic carbocycles. The van der Waals surface area contributed by atoms with Gasteiger partial charge >= 0.3 is 0 Å². The lowest BCUT2D eigenvalue weighted by atomic mass is 10.0. The molecule has 0 aliphatic carbocycles. The lowest BCUT2D eigenvalue weighted by Crippen LogP contribution is -1.90. The van der Waals surface area contributed by atoms with E-state index in [0.717, 1.165) is 5.56 Å². The molecule has 0 unspecified atom stereocenters. The lowest BCUT2D eigenvalue weighted by Gasteiger charge is -2.11. The molecule has 13 heavy (non-hydrogen) atoms. The average Bonchev–Trinajstić information content (AvgIpc) is 2.09. The number of phenolic OH excluding ortho intramolecular Hbond substituents is 2. The molecule has 0 atom stereocenters. The molecule has 0 radical (unpaired) electrons. The third-order valence-electron chi connectivity index (χ3n) is 1.99. The van der Waals surface area contributed by atoms with Crippen molar-refractivity contribution in [3.8, 4) is 17.2 Å². The Bertz CT molecular complexity index is 305. The van der Waals surface area contributed by atoms with Crippen molar-refractivity contribution in [2.45, 2.75) is 19.8 Å². The highest BCUT2D eigenvalue weighted by Gasteiger charge is 2.13. The summed E-state index contributed by atoms with van der Waals surface area (Å²) in [4.78, 5) is 0. The van der Waals surface area contributed by atoms with Crippen LogP contribution >= 0.6 is 0 Å². The van der Waals surface area contributed by atoms with Gasteiger partial charge in [0.15, 0.2) is 11.5 Å². The van der Waals surface area contributed by atoms with E-state index in [1.807, 2.05) is 13.8 Å². The minimum atomic E-state index is -0.186. The summed E-state index contributed by atoms with van der Waals surface area (Å²) >= 11 is 0. The van der Waals surface area contributed by atoms with Crippen molar-refractivity contribution in [1.82, 2.24) is 0 Å². The smallest absolute Gasteiger partial charge is 0.200 e. The number of aromatic hydroxyl groups is 2. The Morgan fingerprint density at radius 2 is 1.77 bits per heavy atom. The van der Waals surface area contributed by atoms with Crippen LogP contribution < -0.4 is 4.74 Å². The molecular weight excluding hydrogens is 168 g/mol. The van der Waals surface area contributed by atoms with Crippen LogP contribution in [0.25, 0.3) is 0 Å². The van der Waals surface area contributed by atoms with E-state index in [2.05, 4.69) is 0 Å². The number of phenols is 2. The molecule has 0 fully saturated rings. The van der Waals surface area contributed by atoms with Crippen LogP contribution in [0.3, 0.4) is 0 Å². The van der Waals surface area contributed by atoms with Gasteiger partial charge in [-0.05, 0) is 12.0 Å². The van der Waals surface area contributed by atoms with Gasteiger partial charge in [-0.3, -0.25) is 0 Å². The molecular formula is C10H14O3. The van der Waals surface area contributed by atoms with Gasteiger partial charge in [-0.2, -0.15) is 0 Å². The Labute approximate surface area is 77.6 Å². The molecule has 72 valence electrons. The van der Waals surface area contributed by atoms with Gasteiger partial charge in [-0.1, -0.05) is 19.9 Å². The third kappa shape index (κ3) is 1.69. The Kier molecular flexibility index (Phi) is 2.66. The van der Waals surface area contributed by atoms with Gasteiger partial charge < -0.3 is 14.9 Å². The first-order chi connectivity index (χ1) is 6.07. The van der Waals surface area contributed by atoms with E-state index in [4.69, 9.17) is 4.74 Å². The Morgan fingerprint density at radius 3 is 2.23 bits per heavy atom. The number of benzene rings is 1. The number of rotatable bonds is 2. The zero-order valence-corrected chi connectivity index (χ0v) is 8.03. The average molecular weight is 182 g/mol. The lowest BCUT2D eigenvalue weighted by molar-refractivity contribution is 0.348. The summed E-state index contributed by atoms with van der Waals surface area (Å²) in [5.41, 5.74) is 0.721. The number of methoxy groups -OCH3 is 1. The third-order valence-corrected chi connectivity index (χ3v) is 1.99. The summed E-state index contributed by atoms with van der Waals surface area (Å²) in [7, 11) is 1.45. The van der Waals surface area contributed by atoms with Gasteiger partial charge in [0.05, 0.1) is 7.11 Å². The van der Waals surface area contributed by atoms with Crippen LogP contribution in [0.5, 0.6) is 17.2 Å². The van der Waals surface area contributed by atoms with Gasteiger partial charge in [0, 0.05) is 5.56 Å². The Balaban J connectivity index is 3.23. The van der Waals surface area contributed by atoms with Crippen LogP contribution in [0.4, 0.5) is 0 Å². The molecule has 2 N–H and O–H groups in total. The second kappa shape index (κ2) is 3.56. The van der Waals surface area contributed by atoms with E-state index < -0.39 is 0 Å². The van der Waals surface area contributed by atoms with E-state index in [1.165, 1.54) is 7.11 Å². The topological polar surface area (TPSA) is 49.7 Å². The number of ether oxygens (including phenoxy) is 1. The van der Waals surface area contributed by atoms with Gasteiger partial charge in [-0.25, -0.2) is 0 Å². The zero-order chi connectivity index (χ0) is 10.0. The summed E-state index contributed by atoms with van der Waals surface area (Å²) in [5, 5.41) is 19.0. The fourth-order valence-corrected chi connectivity index (χ4v) is 1.21. The van der Waals surface area contributed by atoms with Crippen LogP contribution in [0.1, 0.15) is 25.3 Å². The molecule has 3 heteroatoms. The first kappa shape index (κ1) is 9.71. The summed E-state index contributed by atoms with van der Waals surface area (Å²) in [6.45, 7) is 3.89. The maximum absolute atomic E-state index is 9.55. The molecule has 3 nitrogen and oxygen atoms in total. The molecule has 0 aromatic heterocycles. The molecule has 0 bridgehead atoms.